The van der Waals surface area contributed by atoms with Crippen molar-refractivity contribution < 1.29 is 4.79 Å². The molecule has 1 aromatic rings. The van der Waals surface area contributed by atoms with E-state index < -0.39 is 0 Å². The van der Waals surface area contributed by atoms with Gasteiger partial charge in [0.25, 0.3) is 0 Å². The molecule has 0 spiro atoms. The van der Waals surface area contributed by atoms with Gasteiger partial charge in [0.05, 0.1) is 0 Å². The summed E-state index contributed by atoms with van der Waals surface area (Å²) in [6.45, 7) is 6.41. The van der Waals surface area contributed by atoms with E-state index in [-0.39, 0.29) is 5.41 Å². The number of anilines is 1. The van der Waals surface area contributed by atoms with E-state index in [1.165, 1.54) is 16.8 Å². The van der Waals surface area contributed by atoms with Crippen LogP contribution in [0.3, 0.4) is 0 Å². The summed E-state index contributed by atoms with van der Waals surface area (Å²) < 4.78 is 0. The molecule has 1 heterocycles. The van der Waals surface area contributed by atoms with Gasteiger partial charge < -0.3 is 4.90 Å². The molecule has 16 heavy (non-hydrogen) atoms. The molecular weight excluding hydrogens is 198 g/mol. The van der Waals surface area contributed by atoms with Gasteiger partial charge in [0.2, 0.25) is 0 Å². The zero-order chi connectivity index (χ0) is 11.9. The third-order valence-electron chi connectivity index (χ3n) is 3.41. The number of hydrogen-bond acceptors (Lipinski definition) is 2. The molecule has 0 radical (unpaired) electrons. The van der Waals surface area contributed by atoms with Crippen molar-refractivity contribution in [3.8, 4) is 0 Å². The van der Waals surface area contributed by atoms with Gasteiger partial charge in [-0.15, -0.1) is 0 Å². The van der Waals surface area contributed by atoms with Crippen LogP contribution in [0.2, 0.25) is 0 Å². The van der Waals surface area contributed by atoms with E-state index in [0.717, 1.165) is 12.0 Å². The first kappa shape index (κ1) is 10.9. The van der Waals surface area contributed by atoms with E-state index in [4.69, 9.17) is 0 Å². The van der Waals surface area contributed by atoms with Gasteiger partial charge in [-0.2, -0.15) is 0 Å². The quantitative estimate of drug-likeness (QED) is 0.530. The third-order valence-corrected chi connectivity index (χ3v) is 3.41. The summed E-state index contributed by atoms with van der Waals surface area (Å²) >= 11 is 0. The number of likely N-dealkylation sites (N-methyl/N-ethyl adjacent to an activating group) is 1. The third kappa shape index (κ3) is 1.37. The average molecular weight is 215 g/mol. The minimum atomic E-state index is -0.0863. The molecule has 2 heteroatoms. The normalized spacial score (nSPS) is 20.0. The summed E-state index contributed by atoms with van der Waals surface area (Å²) in [5.41, 5.74) is 4.72. The van der Waals surface area contributed by atoms with Crippen LogP contribution in [-0.2, 0) is 10.2 Å². The fraction of sp³-hybridized carbons (Fsp3) is 0.357. The maximum Gasteiger partial charge on any atom is 0.144 e. The van der Waals surface area contributed by atoms with Crippen molar-refractivity contribution in [2.75, 3.05) is 11.9 Å². The molecule has 1 aromatic carbocycles. The van der Waals surface area contributed by atoms with Crippen LogP contribution >= 0.6 is 0 Å². The van der Waals surface area contributed by atoms with E-state index in [2.05, 4.69) is 43.9 Å². The predicted octanol–water partition coefficient (Wildman–Crippen LogP) is 2.81. The van der Waals surface area contributed by atoms with Crippen LogP contribution in [0.1, 0.15) is 25.0 Å². The molecule has 1 aliphatic rings. The lowest BCUT2D eigenvalue weighted by molar-refractivity contribution is -0.104. The molecule has 0 saturated carbocycles. The molecule has 0 fully saturated rings. The maximum atomic E-state index is 10.7. The maximum absolute atomic E-state index is 10.7. The van der Waals surface area contributed by atoms with Crippen LogP contribution < -0.4 is 4.90 Å². The van der Waals surface area contributed by atoms with Gasteiger partial charge in [0, 0.05) is 23.8 Å². The zero-order valence-corrected chi connectivity index (χ0v) is 10.2. The summed E-state index contributed by atoms with van der Waals surface area (Å²) in [5.74, 6) is 0. The van der Waals surface area contributed by atoms with E-state index in [0.29, 0.717) is 0 Å². The second-order valence-corrected chi connectivity index (χ2v) is 4.89. The topological polar surface area (TPSA) is 20.3 Å². The highest BCUT2D eigenvalue weighted by atomic mass is 16.1. The highest BCUT2D eigenvalue weighted by molar-refractivity contribution is 5.76. The Morgan fingerprint density at radius 3 is 2.62 bits per heavy atom. The number of hydrogen-bond donors (Lipinski definition) is 0. The van der Waals surface area contributed by atoms with E-state index in [1.54, 1.807) is 6.08 Å². The smallest absolute Gasteiger partial charge is 0.144 e. The van der Waals surface area contributed by atoms with Gasteiger partial charge in [0.1, 0.15) is 6.29 Å². The monoisotopic (exact) mass is 215 g/mol. The van der Waals surface area contributed by atoms with Crippen molar-refractivity contribution in [2.45, 2.75) is 26.2 Å². The predicted molar refractivity (Wildman–Crippen MR) is 66.8 cm³/mol. The first-order valence-corrected chi connectivity index (χ1v) is 5.49. The summed E-state index contributed by atoms with van der Waals surface area (Å²) in [4.78, 5) is 12.8. The number of nitrogens with zero attached hydrogens (tertiary/aromatic N) is 1. The second-order valence-electron chi connectivity index (χ2n) is 4.89. The Labute approximate surface area is 96.6 Å². The Morgan fingerprint density at radius 2 is 2.00 bits per heavy atom. The van der Waals surface area contributed by atoms with E-state index in [1.807, 2.05) is 7.05 Å². The van der Waals surface area contributed by atoms with Crippen molar-refractivity contribution in [3.05, 3.63) is 41.1 Å². The number of carbonyl (C=O) groups excluding carboxylic acids is 1. The lowest BCUT2D eigenvalue weighted by Crippen LogP contribution is -2.23. The van der Waals surface area contributed by atoms with Gasteiger partial charge in [-0.3, -0.25) is 4.79 Å². The van der Waals surface area contributed by atoms with Crippen molar-refractivity contribution in [1.29, 1.82) is 0 Å². The lowest BCUT2D eigenvalue weighted by atomic mass is 9.83. The molecule has 2 rings (SSSR count). The van der Waals surface area contributed by atoms with Gasteiger partial charge >= 0.3 is 0 Å². The number of rotatable bonds is 1. The van der Waals surface area contributed by atoms with E-state index >= 15 is 0 Å². The lowest BCUT2D eigenvalue weighted by Gasteiger charge is -2.23. The molecule has 0 saturated heterocycles. The first-order valence-electron chi connectivity index (χ1n) is 5.49. The summed E-state index contributed by atoms with van der Waals surface area (Å²) in [6.07, 6.45) is 2.53. The minimum Gasteiger partial charge on any atom is -0.347 e. The fourth-order valence-corrected chi connectivity index (χ4v) is 2.51. The van der Waals surface area contributed by atoms with Gasteiger partial charge in [-0.25, -0.2) is 0 Å². The van der Waals surface area contributed by atoms with Crippen LogP contribution in [0.25, 0.3) is 0 Å². The Bertz CT molecular complexity index is 472. The molecule has 0 amide bonds. The van der Waals surface area contributed by atoms with Crippen LogP contribution in [0, 0.1) is 6.92 Å². The average Bonchev–Trinajstić information content (AvgIpc) is 2.40. The number of fused-ring (bicyclic) bond motifs is 1. The molecule has 84 valence electrons. The van der Waals surface area contributed by atoms with Crippen molar-refractivity contribution in [1.82, 2.24) is 0 Å². The SMILES string of the molecule is Cc1ccc2c(c1)C(C)(C)/C(=C\C=O)N2C. The van der Waals surface area contributed by atoms with Crippen LogP contribution in [0.5, 0.6) is 0 Å². The number of allylic oxidation sites excluding steroid dienone is 2. The van der Waals surface area contributed by atoms with Gasteiger partial charge in [-0.1, -0.05) is 31.5 Å². The van der Waals surface area contributed by atoms with Crippen LogP contribution in [-0.4, -0.2) is 13.3 Å². The zero-order valence-electron chi connectivity index (χ0n) is 10.2. The highest BCUT2D eigenvalue weighted by Gasteiger charge is 2.38. The van der Waals surface area contributed by atoms with E-state index in [9.17, 15) is 4.79 Å². The largest absolute Gasteiger partial charge is 0.347 e. The summed E-state index contributed by atoms with van der Waals surface area (Å²) in [7, 11) is 2.01. The van der Waals surface area contributed by atoms with Crippen molar-refractivity contribution in [2.24, 2.45) is 0 Å². The van der Waals surface area contributed by atoms with Crippen LogP contribution in [0.15, 0.2) is 30.0 Å². The Hall–Kier alpha value is -1.57. The van der Waals surface area contributed by atoms with Crippen molar-refractivity contribution in [3.63, 3.8) is 0 Å². The van der Waals surface area contributed by atoms with Gasteiger partial charge in [0.15, 0.2) is 0 Å². The summed E-state index contributed by atoms with van der Waals surface area (Å²) in [5, 5.41) is 0. The Morgan fingerprint density at radius 1 is 1.31 bits per heavy atom. The summed E-state index contributed by atoms with van der Waals surface area (Å²) in [6, 6.07) is 6.44. The van der Waals surface area contributed by atoms with Gasteiger partial charge in [-0.05, 0) is 24.6 Å². The molecule has 0 atom stereocenters. The molecule has 1 aliphatic heterocycles. The number of carbonyl (C=O) groups is 1. The second kappa shape index (κ2) is 3.48. The molecular formula is C14H17NO. The molecule has 0 aromatic heterocycles. The first-order chi connectivity index (χ1) is 7.48. The molecule has 0 aliphatic carbocycles. The molecule has 0 N–H and O–H groups in total. The molecule has 2 nitrogen and oxygen atoms in total. The van der Waals surface area contributed by atoms with Crippen molar-refractivity contribution >= 4 is 12.0 Å². The Balaban J connectivity index is 2.66. The Kier molecular flexibility index (Phi) is 2.38. The number of benzene rings is 1. The molecule has 0 bridgehead atoms. The minimum absolute atomic E-state index is 0.0863. The number of aryl methyl sites for hydroxylation is 1. The number of aldehydes is 1. The fourth-order valence-electron chi connectivity index (χ4n) is 2.51. The van der Waals surface area contributed by atoms with Crippen LogP contribution in [0.4, 0.5) is 5.69 Å². The standard InChI is InChI=1S/C14H17NO/c1-10-5-6-12-11(9-10)14(2,3)13(7-8-16)15(12)4/h5-9H,1-4H3/b13-7+. The molecule has 0 unspecified atom stereocenters. The highest BCUT2D eigenvalue weighted by Crippen LogP contribution is 2.46.